The number of aliphatic carboxylic acids is 1. The molecule has 0 fully saturated rings. The maximum absolute atomic E-state index is 12.1. The molecule has 0 atom stereocenters. The molecule has 0 radical (unpaired) electrons. The first kappa shape index (κ1) is 15.2. The Bertz CT molecular complexity index is 460. The number of hydrogen-bond acceptors (Lipinski definition) is 3. The van der Waals surface area contributed by atoms with E-state index in [0.717, 1.165) is 5.56 Å². The lowest BCUT2D eigenvalue weighted by molar-refractivity contribution is -0.173. The van der Waals surface area contributed by atoms with Gasteiger partial charge in [0.05, 0.1) is 10.8 Å². The van der Waals surface area contributed by atoms with E-state index < -0.39 is 22.8 Å². The molecule has 0 spiro atoms. The zero-order valence-corrected chi connectivity index (χ0v) is 11.8. The fourth-order valence-electron chi connectivity index (χ4n) is 1.43. The van der Waals surface area contributed by atoms with Gasteiger partial charge in [-0.3, -0.25) is 9.59 Å². The molecule has 0 heterocycles. The van der Waals surface area contributed by atoms with Crippen LogP contribution in [0.2, 0.25) is 0 Å². The number of carboxylic acid groups (broad SMARTS) is 1. The summed E-state index contributed by atoms with van der Waals surface area (Å²) in [5, 5.41) is 9.20. The van der Waals surface area contributed by atoms with Crippen molar-refractivity contribution in [2.24, 2.45) is 10.8 Å². The van der Waals surface area contributed by atoms with Crippen molar-refractivity contribution in [3.8, 4) is 0 Å². The van der Waals surface area contributed by atoms with Gasteiger partial charge in [0.25, 0.3) is 0 Å². The van der Waals surface area contributed by atoms with E-state index >= 15 is 0 Å². The predicted octanol–water partition coefficient (Wildman–Crippen LogP) is 2.87. The third-order valence-electron chi connectivity index (χ3n) is 3.82. The van der Waals surface area contributed by atoms with Gasteiger partial charge < -0.3 is 9.84 Å². The van der Waals surface area contributed by atoms with Crippen LogP contribution >= 0.6 is 0 Å². The number of carbonyl (C=O) groups is 2. The molecule has 19 heavy (non-hydrogen) atoms. The summed E-state index contributed by atoms with van der Waals surface area (Å²) < 4.78 is 5.23. The average molecular weight is 264 g/mol. The van der Waals surface area contributed by atoms with Gasteiger partial charge in [0, 0.05) is 0 Å². The van der Waals surface area contributed by atoms with Gasteiger partial charge >= 0.3 is 11.9 Å². The largest absolute Gasteiger partial charge is 0.481 e. The summed E-state index contributed by atoms with van der Waals surface area (Å²) in [4.78, 5) is 23.3. The highest BCUT2D eigenvalue weighted by Gasteiger charge is 2.49. The molecule has 0 aromatic heterocycles. The molecule has 0 unspecified atom stereocenters. The van der Waals surface area contributed by atoms with Crippen LogP contribution in [0.4, 0.5) is 0 Å². The summed E-state index contributed by atoms with van der Waals surface area (Å²) >= 11 is 0. The van der Waals surface area contributed by atoms with Gasteiger partial charge in [0.1, 0.15) is 6.61 Å². The Balaban J connectivity index is 2.75. The zero-order chi connectivity index (χ0) is 14.7. The van der Waals surface area contributed by atoms with Crippen LogP contribution in [-0.2, 0) is 20.9 Å². The highest BCUT2D eigenvalue weighted by atomic mass is 16.5. The molecule has 4 nitrogen and oxygen atoms in total. The predicted molar refractivity (Wildman–Crippen MR) is 71.4 cm³/mol. The first-order valence-corrected chi connectivity index (χ1v) is 6.14. The lowest BCUT2D eigenvalue weighted by atomic mass is 9.68. The monoisotopic (exact) mass is 264 g/mol. The van der Waals surface area contributed by atoms with E-state index in [1.807, 2.05) is 30.3 Å². The molecular formula is C15H20O4. The minimum Gasteiger partial charge on any atom is -0.481 e. The highest BCUT2D eigenvalue weighted by Crippen LogP contribution is 2.39. The minimum atomic E-state index is -1.19. The van der Waals surface area contributed by atoms with Gasteiger partial charge in [0.2, 0.25) is 0 Å². The van der Waals surface area contributed by atoms with Crippen LogP contribution in [0, 0.1) is 10.8 Å². The Labute approximate surface area is 113 Å². The maximum atomic E-state index is 12.1. The van der Waals surface area contributed by atoms with Gasteiger partial charge in [-0.15, -0.1) is 0 Å². The number of esters is 1. The topological polar surface area (TPSA) is 63.6 Å². The number of rotatable bonds is 5. The summed E-state index contributed by atoms with van der Waals surface area (Å²) in [5.74, 6) is -1.53. The van der Waals surface area contributed by atoms with Gasteiger partial charge in [-0.05, 0) is 33.3 Å². The molecule has 104 valence electrons. The van der Waals surface area contributed by atoms with E-state index in [2.05, 4.69) is 0 Å². The fraction of sp³-hybridized carbons (Fsp3) is 0.467. The summed E-state index contributed by atoms with van der Waals surface area (Å²) in [5.41, 5.74) is -1.42. The molecule has 0 saturated heterocycles. The minimum absolute atomic E-state index is 0.152. The molecule has 0 aliphatic rings. The van der Waals surface area contributed by atoms with Crippen LogP contribution in [0.25, 0.3) is 0 Å². The average Bonchev–Trinajstić information content (AvgIpc) is 2.36. The molecule has 0 aliphatic carbocycles. The van der Waals surface area contributed by atoms with E-state index in [1.165, 1.54) is 13.8 Å². The van der Waals surface area contributed by atoms with Gasteiger partial charge in [0.15, 0.2) is 0 Å². The van der Waals surface area contributed by atoms with E-state index in [4.69, 9.17) is 4.74 Å². The number of hydrogen-bond donors (Lipinski definition) is 1. The Morgan fingerprint density at radius 3 is 2.05 bits per heavy atom. The highest BCUT2D eigenvalue weighted by molar-refractivity contribution is 5.86. The van der Waals surface area contributed by atoms with Crippen molar-refractivity contribution in [2.45, 2.75) is 34.3 Å². The molecule has 0 saturated carbocycles. The molecule has 1 rings (SSSR count). The van der Waals surface area contributed by atoms with Crippen molar-refractivity contribution < 1.29 is 19.4 Å². The van der Waals surface area contributed by atoms with Crippen molar-refractivity contribution in [1.29, 1.82) is 0 Å². The van der Waals surface area contributed by atoms with E-state index in [9.17, 15) is 14.7 Å². The van der Waals surface area contributed by atoms with Crippen LogP contribution in [0.15, 0.2) is 30.3 Å². The molecule has 1 aromatic carbocycles. The molecule has 0 amide bonds. The fourth-order valence-corrected chi connectivity index (χ4v) is 1.43. The van der Waals surface area contributed by atoms with Gasteiger partial charge in [-0.25, -0.2) is 0 Å². The quantitative estimate of drug-likeness (QED) is 0.830. The van der Waals surface area contributed by atoms with Crippen molar-refractivity contribution in [3.63, 3.8) is 0 Å². The van der Waals surface area contributed by atoms with E-state index in [1.54, 1.807) is 13.8 Å². The summed E-state index contributed by atoms with van der Waals surface area (Å²) in [6, 6.07) is 9.29. The Kier molecular flexibility index (Phi) is 4.35. The second kappa shape index (κ2) is 5.43. The Hall–Kier alpha value is -1.84. The second-order valence-electron chi connectivity index (χ2n) is 5.62. The summed E-state index contributed by atoms with van der Waals surface area (Å²) in [6.07, 6.45) is 0. The Morgan fingerprint density at radius 1 is 1.05 bits per heavy atom. The van der Waals surface area contributed by atoms with Crippen LogP contribution in [0.5, 0.6) is 0 Å². The number of ether oxygens (including phenoxy) is 1. The van der Waals surface area contributed by atoms with Crippen LogP contribution < -0.4 is 0 Å². The standard InChI is InChI=1S/C15H20O4/c1-14(2,12(16)17)15(3,4)13(18)19-10-11-8-6-5-7-9-11/h5-9H,10H2,1-4H3,(H,16,17). The zero-order valence-electron chi connectivity index (χ0n) is 11.8. The van der Waals surface area contributed by atoms with Crippen molar-refractivity contribution in [2.75, 3.05) is 0 Å². The van der Waals surface area contributed by atoms with Crippen molar-refractivity contribution >= 4 is 11.9 Å². The molecule has 0 bridgehead atoms. The molecule has 1 N–H and O–H groups in total. The maximum Gasteiger partial charge on any atom is 0.312 e. The van der Waals surface area contributed by atoms with Gasteiger partial charge in [-0.1, -0.05) is 30.3 Å². The summed E-state index contributed by atoms with van der Waals surface area (Å²) in [7, 11) is 0. The normalized spacial score (nSPS) is 12.0. The molecule has 1 aromatic rings. The SMILES string of the molecule is CC(C)(C(=O)O)C(C)(C)C(=O)OCc1ccccc1. The Morgan fingerprint density at radius 2 is 1.58 bits per heavy atom. The lowest BCUT2D eigenvalue weighted by Gasteiger charge is -2.35. The third-order valence-corrected chi connectivity index (χ3v) is 3.82. The van der Waals surface area contributed by atoms with E-state index in [0.29, 0.717) is 0 Å². The van der Waals surface area contributed by atoms with Crippen molar-refractivity contribution in [1.82, 2.24) is 0 Å². The first-order chi connectivity index (χ1) is 8.69. The first-order valence-electron chi connectivity index (χ1n) is 6.14. The van der Waals surface area contributed by atoms with Gasteiger partial charge in [-0.2, -0.15) is 0 Å². The van der Waals surface area contributed by atoms with E-state index in [-0.39, 0.29) is 6.61 Å². The third kappa shape index (κ3) is 3.13. The van der Waals surface area contributed by atoms with Crippen LogP contribution in [0.1, 0.15) is 33.3 Å². The number of carbonyl (C=O) groups excluding carboxylic acids is 1. The lowest BCUT2D eigenvalue weighted by Crippen LogP contribution is -2.45. The van der Waals surface area contributed by atoms with Crippen LogP contribution in [0.3, 0.4) is 0 Å². The van der Waals surface area contributed by atoms with Crippen LogP contribution in [-0.4, -0.2) is 17.0 Å². The molecular weight excluding hydrogens is 244 g/mol. The summed E-state index contributed by atoms with van der Waals surface area (Å²) in [6.45, 7) is 6.39. The molecule has 4 heteroatoms. The molecule has 0 aliphatic heterocycles. The van der Waals surface area contributed by atoms with Crippen molar-refractivity contribution in [3.05, 3.63) is 35.9 Å². The number of benzene rings is 1. The number of carboxylic acids is 1. The smallest absolute Gasteiger partial charge is 0.312 e. The second-order valence-corrected chi connectivity index (χ2v) is 5.62.